The Morgan fingerprint density at radius 3 is 2.78 bits per heavy atom. The minimum absolute atomic E-state index is 0.0104. The van der Waals surface area contributed by atoms with Gasteiger partial charge in [0.25, 0.3) is 0 Å². The molecule has 0 radical (unpaired) electrons. The smallest absolute Gasteiger partial charge is 0.418 e. The topological polar surface area (TPSA) is 131 Å². The number of ether oxygens (including phenoxy) is 1. The molecule has 2 unspecified atom stereocenters. The molecular weight excluding hydrogens is 332 g/mol. The number of nitrogens with zero attached hydrogens (tertiary/aromatic N) is 4. The molecule has 3 rings (SSSR count). The number of aryl methyl sites for hydroxylation is 1. The molecule has 126 valence electrons. The van der Waals surface area contributed by atoms with Crippen LogP contribution in [0, 0.1) is 0 Å². The number of urea groups is 1. The van der Waals surface area contributed by atoms with Gasteiger partial charge in [-0.15, -0.1) is 4.28 Å². The summed E-state index contributed by atoms with van der Waals surface area (Å²) < 4.78 is 41.4. The first-order valence-corrected chi connectivity index (χ1v) is 8.05. The largest absolute Gasteiger partial charge is 0.467 e. The van der Waals surface area contributed by atoms with Crippen molar-refractivity contribution in [3.05, 3.63) is 17.5 Å². The van der Waals surface area contributed by atoms with Crippen LogP contribution in [0.5, 0.6) is 0 Å². The number of hydroxylamine groups is 2. The molecule has 23 heavy (non-hydrogen) atoms. The minimum Gasteiger partial charge on any atom is -0.467 e. The molecular formula is C11H14N4O7S. The number of aromatic nitrogens is 2. The predicted octanol–water partition coefficient (Wildman–Crippen LogP) is -0.356. The third kappa shape index (κ3) is 2.44. The van der Waals surface area contributed by atoms with Gasteiger partial charge in [0.05, 0.1) is 13.7 Å². The van der Waals surface area contributed by atoms with Gasteiger partial charge in [0.1, 0.15) is 11.7 Å². The van der Waals surface area contributed by atoms with E-state index in [0.29, 0.717) is 22.9 Å². The van der Waals surface area contributed by atoms with Crippen molar-refractivity contribution in [1.82, 2.24) is 19.7 Å². The summed E-state index contributed by atoms with van der Waals surface area (Å²) in [7, 11) is -3.71. The fourth-order valence-electron chi connectivity index (χ4n) is 2.81. The highest BCUT2D eigenvalue weighted by atomic mass is 32.3. The lowest BCUT2D eigenvalue weighted by molar-refractivity contribution is -0.146. The highest BCUT2D eigenvalue weighted by Crippen LogP contribution is 2.43. The second-order valence-corrected chi connectivity index (χ2v) is 6.03. The van der Waals surface area contributed by atoms with Gasteiger partial charge in [-0.1, -0.05) is 0 Å². The van der Waals surface area contributed by atoms with E-state index in [1.165, 1.54) is 7.11 Å². The van der Waals surface area contributed by atoms with E-state index in [1.54, 1.807) is 10.9 Å². The Bertz CT molecular complexity index is 773. The van der Waals surface area contributed by atoms with Crippen LogP contribution < -0.4 is 0 Å². The van der Waals surface area contributed by atoms with Crippen LogP contribution in [0.15, 0.2) is 6.20 Å². The predicted molar refractivity (Wildman–Crippen MR) is 72.0 cm³/mol. The molecule has 3 heterocycles. The number of amides is 2. The summed E-state index contributed by atoms with van der Waals surface area (Å²) in [5, 5.41) is 4.78. The Morgan fingerprint density at radius 2 is 2.22 bits per heavy atom. The molecule has 2 amide bonds. The SMILES string of the molecule is CCn1cc2c(n1)C(C(=O)OC)N1CC2N(OS(=O)(=O)O)C1=O. The van der Waals surface area contributed by atoms with Crippen LogP contribution >= 0.6 is 0 Å². The fraction of sp³-hybridized carbons (Fsp3) is 0.545. The Hall–Kier alpha value is -2.18. The summed E-state index contributed by atoms with van der Waals surface area (Å²) in [6.07, 6.45) is 1.60. The average molecular weight is 346 g/mol. The number of hydrogen-bond acceptors (Lipinski definition) is 7. The van der Waals surface area contributed by atoms with Crippen molar-refractivity contribution in [2.24, 2.45) is 0 Å². The number of esters is 1. The van der Waals surface area contributed by atoms with Crippen LogP contribution in [0.25, 0.3) is 0 Å². The van der Waals surface area contributed by atoms with Gasteiger partial charge in [-0.05, 0) is 6.92 Å². The van der Waals surface area contributed by atoms with E-state index in [1.807, 2.05) is 6.92 Å². The number of rotatable bonds is 4. The van der Waals surface area contributed by atoms with E-state index >= 15 is 0 Å². The van der Waals surface area contributed by atoms with Gasteiger partial charge in [-0.25, -0.2) is 9.59 Å². The molecule has 1 fully saturated rings. The Balaban J connectivity index is 2.10. The molecule has 2 aliphatic heterocycles. The molecule has 2 aliphatic rings. The zero-order valence-corrected chi connectivity index (χ0v) is 13.1. The molecule has 0 aliphatic carbocycles. The first kappa shape index (κ1) is 15.7. The Labute approximate surface area is 131 Å². The lowest BCUT2D eigenvalue weighted by atomic mass is 9.98. The standard InChI is InChI=1S/C11H14N4O7S/c1-3-13-4-6-7-5-14(9(8(6)12-13)10(16)21-2)11(17)15(7)22-23(18,19)20/h4,7,9H,3,5H2,1-2H3,(H,18,19,20). The lowest BCUT2D eigenvalue weighted by Gasteiger charge is -2.27. The quantitative estimate of drug-likeness (QED) is 0.578. The molecule has 0 aromatic carbocycles. The van der Waals surface area contributed by atoms with Crippen LogP contribution in [-0.4, -0.2) is 58.4 Å². The van der Waals surface area contributed by atoms with Gasteiger partial charge in [-0.2, -0.15) is 18.6 Å². The van der Waals surface area contributed by atoms with Gasteiger partial charge >= 0.3 is 22.4 Å². The van der Waals surface area contributed by atoms with Gasteiger partial charge in [0.2, 0.25) is 0 Å². The van der Waals surface area contributed by atoms with Crippen molar-refractivity contribution in [3.63, 3.8) is 0 Å². The summed E-state index contributed by atoms with van der Waals surface area (Å²) in [5.74, 6) is -0.701. The number of hydrogen-bond donors (Lipinski definition) is 1. The maximum absolute atomic E-state index is 12.3. The van der Waals surface area contributed by atoms with Crippen molar-refractivity contribution in [3.8, 4) is 0 Å². The molecule has 1 aromatic heterocycles. The van der Waals surface area contributed by atoms with Crippen LogP contribution in [0.4, 0.5) is 4.79 Å². The zero-order valence-electron chi connectivity index (χ0n) is 12.2. The van der Waals surface area contributed by atoms with Crippen molar-refractivity contribution < 1.29 is 31.6 Å². The minimum atomic E-state index is -4.89. The Kier molecular flexibility index (Phi) is 3.54. The second-order valence-electron chi connectivity index (χ2n) is 5.03. The van der Waals surface area contributed by atoms with E-state index in [4.69, 9.17) is 9.29 Å². The van der Waals surface area contributed by atoms with E-state index < -0.39 is 34.5 Å². The molecule has 11 nitrogen and oxygen atoms in total. The third-order valence-electron chi connectivity index (χ3n) is 3.76. The number of carbonyl (C=O) groups excluding carboxylic acids is 2. The number of methoxy groups -OCH3 is 1. The van der Waals surface area contributed by atoms with Crippen molar-refractivity contribution in [2.45, 2.75) is 25.6 Å². The molecule has 12 heteroatoms. The lowest BCUT2D eigenvalue weighted by Crippen LogP contribution is -2.39. The molecule has 1 saturated heterocycles. The molecule has 1 N–H and O–H groups in total. The first-order chi connectivity index (χ1) is 10.8. The number of fused-ring (bicyclic) bond motifs is 4. The van der Waals surface area contributed by atoms with Gasteiger partial charge in [0.15, 0.2) is 6.04 Å². The van der Waals surface area contributed by atoms with Crippen LogP contribution in [0.1, 0.15) is 30.3 Å². The van der Waals surface area contributed by atoms with E-state index in [9.17, 15) is 18.0 Å². The summed E-state index contributed by atoms with van der Waals surface area (Å²) in [5.41, 5.74) is 0.762. The normalized spacial score (nSPS) is 23.2. The van der Waals surface area contributed by atoms with Gasteiger partial charge < -0.3 is 9.64 Å². The third-order valence-corrected chi connectivity index (χ3v) is 4.11. The van der Waals surface area contributed by atoms with Crippen LogP contribution in [-0.2, 0) is 30.8 Å². The molecule has 2 atom stereocenters. The fourth-order valence-corrected chi connectivity index (χ4v) is 3.18. The van der Waals surface area contributed by atoms with Gasteiger partial charge in [-0.3, -0.25) is 9.23 Å². The zero-order chi connectivity index (χ0) is 16.9. The number of carbonyl (C=O) groups is 2. The monoisotopic (exact) mass is 346 g/mol. The second kappa shape index (κ2) is 5.18. The molecule has 0 saturated carbocycles. The summed E-state index contributed by atoms with van der Waals surface area (Å²) in [6.45, 7) is 2.36. The highest BCUT2D eigenvalue weighted by molar-refractivity contribution is 7.80. The van der Waals surface area contributed by atoms with E-state index in [-0.39, 0.29) is 6.54 Å². The van der Waals surface area contributed by atoms with E-state index in [2.05, 4.69) is 9.38 Å². The molecule has 1 aromatic rings. The van der Waals surface area contributed by atoms with E-state index in [0.717, 1.165) is 4.90 Å². The van der Waals surface area contributed by atoms with Crippen LogP contribution in [0.3, 0.4) is 0 Å². The van der Waals surface area contributed by atoms with Gasteiger partial charge in [0, 0.05) is 18.3 Å². The Morgan fingerprint density at radius 1 is 1.52 bits per heavy atom. The van der Waals surface area contributed by atoms with Crippen molar-refractivity contribution >= 4 is 22.4 Å². The molecule has 0 spiro atoms. The molecule has 2 bridgehead atoms. The summed E-state index contributed by atoms with van der Waals surface area (Å²) >= 11 is 0. The van der Waals surface area contributed by atoms with Crippen LogP contribution in [0.2, 0.25) is 0 Å². The first-order valence-electron chi connectivity index (χ1n) is 6.68. The summed E-state index contributed by atoms with van der Waals surface area (Å²) in [6, 6.07) is -2.77. The average Bonchev–Trinajstić information content (AvgIpc) is 3.02. The highest BCUT2D eigenvalue weighted by Gasteiger charge is 2.54. The maximum atomic E-state index is 12.3. The van der Waals surface area contributed by atoms with Crippen molar-refractivity contribution in [1.29, 1.82) is 0 Å². The van der Waals surface area contributed by atoms with Crippen molar-refractivity contribution in [2.75, 3.05) is 13.7 Å². The summed E-state index contributed by atoms with van der Waals surface area (Å²) in [4.78, 5) is 25.5. The maximum Gasteiger partial charge on any atom is 0.418 e.